The van der Waals surface area contributed by atoms with Crippen LogP contribution < -0.4 is 11.1 Å². The summed E-state index contributed by atoms with van der Waals surface area (Å²) in [7, 11) is 0. The summed E-state index contributed by atoms with van der Waals surface area (Å²) < 4.78 is 27.3. The van der Waals surface area contributed by atoms with E-state index in [1.54, 1.807) is 6.07 Å². The minimum Gasteiger partial charge on any atom is -0.368 e. The van der Waals surface area contributed by atoms with Crippen LogP contribution in [0.3, 0.4) is 0 Å². The largest absolute Gasteiger partial charge is 0.368 e. The van der Waals surface area contributed by atoms with E-state index in [0.29, 0.717) is 4.47 Å². The topological polar surface area (TPSA) is 63.8 Å². The summed E-state index contributed by atoms with van der Waals surface area (Å²) in [6, 6.07) is 4.39. The second-order valence-corrected chi connectivity index (χ2v) is 4.00. The van der Waals surface area contributed by atoms with Crippen molar-refractivity contribution in [3.63, 3.8) is 0 Å². The lowest BCUT2D eigenvalue weighted by Crippen LogP contribution is -2.04. The number of aromatic nitrogens is 2. The van der Waals surface area contributed by atoms with Crippen LogP contribution in [0.4, 0.5) is 26.2 Å². The molecular weight excluding hydrogens is 294 g/mol. The van der Waals surface area contributed by atoms with E-state index in [1.165, 1.54) is 12.1 Å². The van der Waals surface area contributed by atoms with E-state index in [4.69, 9.17) is 5.73 Å². The molecule has 0 unspecified atom stereocenters. The third kappa shape index (κ3) is 2.50. The third-order valence-corrected chi connectivity index (χ3v) is 2.63. The maximum absolute atomic E-state index is 13.5. The first-order valence-corrected chi connectivity index (χ1v) is 5.36. The Morgan fingerprint density at radius 2 is 2.00 bits per heavy atom. The van der Waals surface area contributed by atoms with Crippen LogP contribution >= 0.6 is 15.9 Å². The molecule has 0 aliphatic heterocycles. The molecule has 0 spiro atoms. The first-order chi connectivity index (χ1) is 8.08. The molecule has 0 bridgehead atoms. The zero-order chi connectivity index (χ0) is 12.4. The smallest absolute Gasteiger partial charge is 0.222 e. The molecular formula is C10H7BrF2N4. The van der Waals surface area contributed by atoms with Gasteiger partial charge in [0.1, 0.15) is 5.82 Å². The van der Waals surface area contributed by atoms with Crippen LogP contribution in [-0.2, 0) is 0 Å². The highest BCUT2D eigenvalue weighted by Gasteiger charge is 2.11. The van der Waals surface area contributed by atoms with Crippen LogP contribution in [-0.4, -0.2) is 9.97 Å². The number of benzene rings is 1. The first kappa shape index (κ1) is 11.7. The van der Waals surface area contributed by atoms with Gasteiger partial charge in [0.25, 0.3) is 0 Å². The number of rotatable bonds is 2. The zero-order valence-corrected chi connectivity index (χ0v) is 10.0. The molecule has 1 aromatic heterocycles. The van der Waals surface area contributed by atoms with Crippen molar-refractivity contribution in [2.24, 2.45) is 0 Å². The summed E-state index contributed by atoms with van der Waals surface area (Å²) in [4.78, 5) is 7.12. The molecule has 4 nitrogen and oxygen atoms in total. The molecule has 2 aromatic rings. The molecule has 1 heterocycles. The van der Waals surface area contributed by atoms with E-state index in [2.05, 4.69) is 31.2 Å². The monoisotopic (exact) mass is 300 g/mol. The van der Waals surface area contributed by atoms with Crippen molar-refractivity contribution in [1.29, 1.82) is 0 Å². The SMILES string of the molecule is Nc1ncc(F)c(Nc2c(F)cccc2Br)n1. The summed E-state index contributed by atoms with van der Waals surface area (Å²) >= 11 is 3.15. The number of hydrogen-bond donors (Lipinski definition) is 2. The Labute approximate surface area is 104 Å². The van der Waals surface area contributed by atoms with Crippen LogP contribution in [0.15, 0.2) is 28.9 Å². The molecule has 0 saturated carbocycles. The van der Waals surface area contributed by atoms with Crippen LogP contribution in [0.25, 0.3) is 0 Å². The van der Waals surface area contributed by atoms with Crippen LogP contribution in [0.5, 0.6) is 0 Å². The fourth-order valence-electron chi connectivity index (χ4n) is 1.20. The lowest BCUT2D eigenvalue weighted by molar-refractivity contribution is 0.616. The average molecular weight is 301 g/mol. The Balaban J connectivity index is 2.41. The van der Waals surface area contributed by atoms with Crippen molar-refractivity contribution in [2.45, 2.75) is 0 Å². The molecule has 3 N–H and O–H groups in total. The molecule has 0 fully saturated rings. The number of nitrogens with zero attached hydrogens (tertiary/aromatic N) is 2. The van der Waals surface area contributed by atoms with E-state index in [9.17, 15) is 8.78 Å². The van der Waals surface area contributed by atoms with E-state index in [1.807, 2.05) is 0 Å². The number of para-hydroxylation sites is 1. The van der Waals surface area contributed by atoms with E-state index < -0.39 is 11.6 Å². The van der Waals surface area contributed by atoms with Gasteiger partial charge in [-0.3, -0.25) is 0 Å². The quantitative estimate of drug-likeness (QED) is 0.895. The first-order valence-electron chi connectivity index (χ1n) is 4.57. The predicted molar refractivity (Wildman–Crippen MR) is 63.8 cm³/mol. The lowest BCUT2D eigenvalue weighted by Gasteiger charge is -2.09. The van der Waals surface area contributed by atoms with Gasteiger partial charge in [0, 0.05) is 4.47 Å². The van der Waals surface area contributed by atoms with Gasteiger partial charge >= 0.3 is 0 Å². The Hall–Kier alpha value is -1.76. The summed E-state index contributed by atoms with van der Waals surface area (Å²) in [6.45, 7) is 0. The van der Waals surface area contributed by atoms with Gasteiger partial charge in [-0.1, -0.05) is 6.07 Å². The van der Waals surface area contributed by atoms with Crippen LogP contribution in [0.2, 0.25) is 0 Å². The van der Waals surface area contributed by atoms with E-state index >= 15 is 0 Å². The minimum absolute atomic E-state index is 0.0875. The van der Waals surface area contributed by atoms with Crippen molar-refractivity contribution in [3.8, 4) is 0 Å². The summed E-state index contributed by atoms with van der Waals surface area (Å²) in [6.07, 6.45) is 0.916. The number of nitrogens with two attached hydrogens (primary N) is 1. The van der Waals surface area contributed by atoms with Gasteiger partial charge in [-0.2, -0.15) is 4.98 Å². The summed E-state index contributed by atoms with van der Waals surface area (Å²) in [5.41, 5.74) is 5.41. The Bertz CT molecular complexity index is 542. The van der Waals surface area contributed by atoms with Gasteiger partial charge in [0.05, 0.1) is 11.9 Å². The van der Waals surface area contributed by atoms with Crippen molar-refractivity contribution in [3.05, 3.63) is 40.5 Å². The number of nitrogens with one attached hydrogen (secondary N) is 1. The lowest BCUT2D eigenvalue weighted by atomic mass is 10.3. The Kier molecular flexibility index (Phi) is 3.19. The third-order valence-electron chi connectivity index (χ3n) is 1.97. The Morgan fingerprint density at radius 3 is 2.71 bits per heavy atom. The molecule has 17 heavy (non-hydrogen) atoms. The maximum Gasteiger partial charge on any atom is 0.222 e. The van der Waals surface area contributed by atoms with Crippen LogP contribution in [0, 0.1) is 11.6 Å². The Morgan fingerprint density at radius 1 is 1.24 bits per heavy atom. The highest BCUT2D eigenvalue weighted by atomic mass is 79.9. The van der Waals surface area contributed by atoms with Gasteiger partial charge in [0.2, 0.25) is 5.95 Å². The molecule has 0 aliphatic carbocycles. The normalized spacial score (nSPS) is 10.3. The molecule has 0 saturated heterocycles. The van der Waals surface area contributed by atoms with Crippen molar-refractivity contribution in [1.82, 2.24) is 9.97 Å². The van der Waals surface area contributed by atoms with E-state index in [-0.39, 0.29) is 17.5 Å². The number of anilines is 3. The standard InChI is InChI=1S/C10H7BrF2N4/c11-5-2-1-3-6(12)8(5)16-9-7(13)4-15-10(14)17-9/h1-4H,(H3,14,15,16,17). The van der Waals surface area contributed by atoms with Crippen molar-refractivity contribution < 1.29 is 8.78 Å². The van der Waals surface area contributed by atoms with Gasteiger partial charge in [-0.15, -0.1) is 0 Å². The molecule has 0 radical (unpaired) electrons. The van der Waals surface area contributed by atoms with Crippen molar-refractivity contribution >= 4 is 33.4 Å². The fourth-order valence-corrected chi connectivity index (χ4v) is 1.65. The number of nitrogen functional groups attached to an aromatic ring is 1. The molecule has 0 atom stereocenters. The van der Waals surface area contributed by atoms with Crippen LogP contribution in [0.1, 0.15) is 0 Å². The highest BCUT2D eigenvalue weighted by molar-refractivity contribution is 9.10. The molecule has 7 heteroatoms. The van der Waals surface area contributed by atoms with Gasteiger partial charge in [0.15, 0.2) is 11.6 Å². The maximum atomic E-state index is 13.5. The highest BCUT2D eigenvalue weighted by Crippen LogP contribution is 2.28. The second kappa shape index (κ2) is 4.62. The van der Waals surface area contributed by atoms with Crippen molar-refractivity contribution in [2.75, 3.05) is 11.1 Å². The molecule has 2 rings (SSSR count). The molecule has 1 aromatic carbocycles. The minimum atomic E-state index is -0.714. The molecule has 0 amide bonds. The number of hydrogen-bond acceptors (Lipinski definition) is 4. The van der Waals surface area contributed by atoms with Gasteiger partial charge in [-0.25, -0.2) is 13.8 Å². The summed E-state index contributed by atoms with van der Waals surface area (Å²) in [5.74, 6) is -1.52. The fraction of sp³-hybridized carbons (Fsp3) is 0. The molecule has 0 aliphatic rings. The van der Waals surface area contributed by atoms with Gasteiger partial charge < -0.3 is 11.1 Å². The summed E-state index contributed by atoms with van der Waals surface area (Å²) in [5, 5.41) is 2.52. The number of halogens is 3. The average Bonchev–Trinajstić information content (AvgIpc) is 2.28. The zero-order valence-electron chi connectivity index (χ0n) is 8.42. The van der Waals surface area contributed by atoms with E-state index in [0.717, 1.165) is 6.20 Å². The van der Waals surface area contributed by atoms with Gasteiger partial charge in [-0.05, 0) is 28.1 Å². The molecule has 88 valence electrons. The predicted octanol–water partition coefficient (Wildman–Crippen LogP) is 2.84. The second-order valence-electron chi connectivity index (χ2n) is 3.15.